The minimum absolute atomic E-state index is 0.0623. The Labute approximate surface area is 126 Å². The van der Waals surface area contributed by atoms with Crippen LogP contribution in [0.25, 0.3) is 0 Å². The first-order valence-electron chi connectivity index (χ1n) is 6.33. The van der Waals surface area contributed by atoms with Gasteiger partial charge in [0.05, 0.1) is 11.7 Å². The van der Waals surface area contributed by atoms with Gasteiger partial charge in [-0.05, 0) is 38.8 Å². The van der Waals surface area contributed by atoms with E-state index in [-0.39, 0.29) is 24.1 Å². The Hall–Kier alpha value is -0.920. The third-order valence-corrected chi connectivity index (χ3v) is 4.59. The molecule has 1 aliphatic heterocycles. The first kappa shape index (κ1) is 16.5. The quantitative estimate of drug-likeness (QED) is 0.790. The molecule has 1 saturated heterocycles. The van der Waals surface area contributed by atoms with Crippen LogP contribution in [0, 0.1) is 11.6 Å². The fraction of sp³-hybridized carbons (Fsp3) is 0.538. The largest absolute Gasteiger partial charge is 0.488 e. The monoisotopic (exact) mass is 340 g/mol. The number of ether oxygens (including phenoxy) is 2. The van der Waals surface area contributed by atoms with Crippen LogP contribution in [0.4, 0.5) is 8.78 Å². The van der Waals surface area contributed by atoms with Crippen LogP contribution in [0.15, 0.2) is 17.0 Å². The zero-order chi connectivity index (χ0) is 15.8. The molecule has 0 radical (unpaired) electrons. The molecule has 0 aromatic heterocycles. The van der Waals surface area contributed by atoms with Crippen molar-refractivity contribution < 1.29 is 26.7 Å². The molecule has 1 fully saturated rings. The highest BCUT2D eigenvalue weighted by molar-refractivity contribution is 8.13. The minimum atomic E-state index is -4.34. The molecule has 0 amide bonds. The van der Waals surface area contributed by atoms with Crippen LogP contribution in [0.1, 0.15) is 26.7 Å². The summed E-state index contributed by atoms with van der Waals surface area (Å²) in [6.45, 7) is 3.94. The molecule has 0 N–H and O–H groups in total. The van der Waals surface area contributed by atoms with Gasteiger partial charge in [-0.25, -0.2) is 12.8 Å². The topological polar surface area (TPSA) is 52.6 Å². The van der Waals surface area contributed by atoms with Crippen molar-refractivity contribution in [2.75, 3.05) is 6.61 Å². The fourth-order valence-electron chi connectivity index (χ4n) is 2.19. The molecule has 8 heteroatoms. The van der Waals surface area contributed by atoms with Gasteiger partial charge >= 0.3 is 0 Å². The Morgan fingerprint density at radius 1 is 1.38 bits per heavy atom. The van der Waals surface area contributed by atoms with Crippen molar-refractivity contribution in [3.63, 3.8) is 0 Å². The number of hydrogen-bond acceptors (Lipinski definition) is 4. The number of halogens is 3. The van der Waals surface area contributed by atoms with Crippen LogP contribution in [0.3, 0.4) is 0 Å². The predicted octanol–water partition coefficient (Wildman–Crippen LogP) is 3.23. The second kappa shape index (κ2) is 5.70. The second-order valence-corrected chi connectivity index (χ2v) is 8.01. The summed E-state index contributed by atoms with van der Waals surface area (Å²) in [5.41, 5.74) is -0.256. The van der Waals surface area contributed by atoms with Gasteiger partial charge in [-0.3, -0.25) is 0 Å². The molecule has 1 atom stereocenters. The molecule has 0 bridgehead atoms. The zero-order valence-corrected chi connectivity index (χ0v) is 13.1. The van der Waals surface area contributed by atoms with Crippen LogP contribution in [0.2, 0.25) is 0 Å². The van der Waals surface area contributed by atoms with Crippen LogP contribution in [0.5, 0.6) is 5.75 Å². The van der Waals surface area contributed by atoms with Crippen LogP contribution in [-0.2, 0) is 13.8 Å². The first-order chi connectivity index (χ1) is 9.60. The lowest BCUT2D eigenvalue weighted by atomic mass is 10.1. The number of hydrogen-bond donors (Lipinski definition) is 0. The highest BCUT2D eigenvalue weighted by Crippen LogP contribution is 2.31. The van der Waals surface area contributed by atoms with Gasteiger partial charge in [0.15, 0.2) is 11.6 Å². The van der Waals surface area contributed by atoms with Gasteiger partial charge in [0.1, 0.15) is 11.5 Å². The van der Waals surface area contributed by atoms with Gasteiger partial charge in [-0.15, -0.1) is 0 Å². The van der Waals surface area contributed by atoms with E-state index in [0.717, 1.165) is 25.0 Å². The van der Waals surface area contributed by atoms with E-state index in [4.69, 9.17) is 20.2 Å². The number of benzene rings is 1. The van der Waals surface area contributed by atoms with Gasteiger partial charge in [0.2, 0.25) is 5.82 Å². The Morgan fingerprint density at radius 2 is 2.05 bits per heavy atom. The lowest BCUT2D eigenvalue weighted by Gasteiger charge is -2.19. The molecular formula is C13H15ClF2O4S. The van der Waals surface area contributed by atoms with Gasteiger partial charge in [0.25, 0.3) is 9.05 Å². The Kier molecular flexibility index (Phi) is 4.46. The SMILES string of the molecule is CC1(C)CCC(COc2ccc(S(=O)(=O)Cl)c(F)c2F)O1. The van der Waals surface area contributed by atoms with Crippen molar-refractivity contribution in [2.45, 2.75) is 43.3 Å². The molecule has 0 saturated carbocycles. The summed E-state index contributed by atoms with van der Waals surface area (Å²) in [5, 5.41) is 0. The first-order valence-corrected chi connectivity index (χ1v) is 8.64. The third kappa shape index (κ3) is 3.84. The average Bonchev–Trinajstić information content (AvgIpc) is 2.69. The summed E-state index contributed by atoms with van der Waals surface area (Å²) >= 11 is 0. The Morgan fingerprint density at radius 3 is 2.57 bits per heavy atom. The van der Waals surface area contributed by atoms with Crippen molar-refractivity contribution >= 4 is 19.7 Å². The standard InChI is InChI=1S/C13H15ClF2O4S/c1-13(2)6-5-8(20-13)7-19-9-3-4-10(21(14,17)18)12(16)11(9)15/h3-4,8H,5-7H2,1-2H3. The lowest BCUT2D eigenvalue weighted by Crippen LogP contribution is -2.24. The molecule has 1 aromatic rings. The Bertz CT molecular complexity index is 646. The van der Waals surface area contributed by atoms with Crippen molar-refractivity contribution in [1.29, 1.82) is 0 Å². The van der Waals surface area contributed by atoms with Gasteiger partial charge in [0, 0.05) is 10.7 Å². The molecule has 1 aliphatic rings. The molecule has 118 valence electrons. The zero-order valence-electron chi connectivity index (χ0n) is 11.5. The average molecular weight is 341 g/mol. The maximum absolute atomic E-state index is 13.8. The van der Waals surface area contributed by atoms with Gasteiger partial charge in [-0.2, -0.15) is 4.39 Å². The molecule has 1 heterocycles. The van der Waals surface area contributed by atoms with Crippen LogP contribution in [-0.4, -0.2) is 26.7 Å². The maximum atomic E-state index is 13.8. The molecule has 0 aliphatic carbocycles. The van der Waals surface area contributed by atoms with E-state index < -0.39 is 25.6 Å². The van der Waals surface area contributed by atoms with Crippen molar-refractivity contribution in [3.8, 4) is 5.75 Å². The van der Waals surface area contributed by atoms with E-state index in [0.29, 0.717) is 0 Å². The molecule has 21 heavy (non-hydrogen) atoms. The van der Waals surface area contributed by atoms with Crippen molar-refractivity contribution in [3.05, 3.63) is 23.8 Å². The summed E-state index contributed by atoms with van der Waals surface area (Å²) in [5.74, 6) is -3.30. The van der Waals surface area contributed by atoms with E-state index >= 15 is 0 Å². The van der Waals surface area contributed by atoms with E-state index in [1.54, 1.807) is 0 Å². The minimum Gasteiger partial charge on any atom is -0.488 e. The number of rotatable bonds is 4. The van der Waals surface area contributed by atoms with Gasteiger partial charge < -0.3 is 9.47 Å². The maximum Gasteiger partial charge on any atom is 0.264 e. The Balaban J connectivity index is 2.10. The van der Waals surface area contributed by atoms with Gasteiger partial charge in [-0.1, -0.05) is 0 Å². The molecule has 1 aromatic carbocycles. The summed E-state index contributed by atoms with van der Waals surface area (Å²) in [7, 11) is 0.663. The fourth-order valence-corrected chi connectivity index (χ4v) is 3.08. The third-order valence-electron chi connectivity index (χ3n) is 3.25. The van der Waals surface area contributed by atoms with Crippen LogP contribution < -0.4 is 4.74 Å². The molecule has 1 unspecified atom stereocenters. The van der Waals surface area contributed by atoms with E-state index in [2.05, 4.69) is 0 Å². The van der Waals surface area contributed by atoms with E-state index in [9.17, 15) is 17.2 Å². The lowest BCUT2D eigenvalue weighted by molar-refractivity contribution is -0.0331. The summed E-state index contributed by atoms with van der Waals surface area (Å²) < 4.78 is 60.3. The molecule has 0 spiro atoms. The van der Waals surface area contributed by atoms with Crippen molar-refractivity contribution in [2.24, 2.45) is 0 Å². The van der Waals surface area contributed by atoms with E-state index in [1.165, 1.54) is 0 Å². The smallest absolute Gasteiger partial charge is 0.264 e. The second-order valence-electron chi connectivity index (χ2n) is 5.48. The van der Waals surface area contributed by atoms with Crippen molar-refractivity contribution in [1.82, 2.24) is 0 Å². The highest BCUT2D eigenvalue weighted by Gasteiger charge is 2.32. The summed E-state index contributed by atoms with van der Waals surface area (Å²) in [6, 6.07) is 1.91. The van der Waals surface area contributed by atoms with E-state index in [1.807, 2.05) is 13.8 Å². The highest BCUT2D eigenvalue weighted by atomic mass is 35.7. The molecular weight excluding hydrogens is 326 g/mol. The predicted molar refractivity (Wildman–Crippen MR) is 73.1 cm³/mol. The molecule has 2 rings (SSSR count). The summed E-state index contributed by atoms with van der Waals surface area (Å²) in [6.07, 6.45) is 1.39. The normalized spacial score (nSPS) is 21.5. The molecule has 4 nitrogen and oxygen atoms in total. The van der Waals surface area contributed by atoms with Crippen LogP contribution >= 0.6 is 10.7 Å². The summed E-state index contributed by atoms with van der Waals surface area (Å²) in [4.78, 5) is -0.910.